The largest absolute Gasteiger partial charge is 0.444 e. The Labute approximate surface area is 189 Å². The second kappa shape index (κ2) is 11.8. The van der Waals surface area contributed by atoms with Crippen LogP contribution in [0.25, 0.3) is 0 Å². The van der Waals surface area contributed by atoms with Gasteiger partial charge in [-0.25, -0.2) is 19.9 Å². The number of hydrogen-bond acceptors (Lipinski definition) is 7. The molecule has 0 aromatic heterocycles. The molecule has 2 atom stereocenters. The number of nitrogens with zero attached hydrogens (tertiary/aromatic N) is 3. The van der Waals surface area contributed by atoms with Crippen molar-refractivity contribution in [2.24, 2.45) is 10.7 Å². The average molecular weight is 459 g/mol. The molecule has 1 heterocycles. The maximum atomic E-state index is 13.2. The summed E-state index contributed by atoms with van der Waals surface area (Å²) in [5, 5.41) is 12.2. The van der Waals surface area contributed by atoms with E-state index in [2.05, 4.69) is 10.3 Å². The minimum absolute atomic E-state index is 0.0764. The zero-order chi connectivity index (χ0) is 24.5. The predicted molar refractivity (Wildman–Crippen MR) is 119 cm³/mol. The summed E-state index contributed by atoms with van der Waals surface area (Å²) in [6.07, 6.45) is 1.55. The number of hydrazine groups is 1. The molecule has 12 heteroatoms. The highest BCUT2D eigenvalue weighted by atomic mass is 16.7. The predicted octanol–water partition coefficient (Wildman–Crippen LogP) is 1.56. The number of nitrogens with two attached hydrogens (primary N) is 1. The number of piperidine rings is 1. The van der Waals surface area contributed by atoms with Gasteiger partial charge in [0.05, 0.1) is 11.7 Å². The van der Waals surface area contributed by atoms with Crippen LogP contribution in [0.3, 0.4) is 0 Å². The Morgan fingerprint density at radius 2 is 1.91 bits per heavy atom. The smallest absolute Gasteiger partial charge is 0.408 e. The number of amides is 2. The van der Waals surface area contributed by atoms with E-state index in [-0.39, 0.29) is 36.5 Å². The molecule has 0 saturated carbocycles. The van der Waals surface area contributed by atoms with Gasteiger partial charge in [-0.2, -0.15) is 0 Å². The number of rotatable bonds is 8. The number of carbonyl (C=O) groups excluding carboxylic acids is 2. The Morgan fingerprint density at radius 1 is 1.25 bits per heavy atom. The highest BCUT2D eigenvalue weighted by Crippen LogP contribution is 2.20. The molecular formula is C20H38N6O6. The van der Waals surface area contributed by atoms with E-state index >= 15 is 0 Å². The standard InChI is InChI=1S/C20H38N6O6/c1-19(2,3)31-14-9-8-12-25(13-14)16(27)15(23-18(28)32-20(4,5)6)10-7-11-22-17(21)24-26(29)30/h14-15H,7-13H2,1-6H3,(H,23,28)(H3,21,22,24)/t14?,15-/m0/s1. The highest BCUT2D eigenvalue weighted by molar-refractivity contribution is 5.85. The molecule has 1 rings (SSSR count). The van der Waals surface area contributed by atoms with Crippen molar-refractivity contribution < 1.29 is 24.1 Å². The zero-order valence-electron chi connectivity index (χ0n) is 20.0. The molecule has 1 fully saturated rings. The van der Waals surface area contributed by atoms with Crippen LogP contribution in [0.5, 0.6) is 0 Å². The molecule has 32 heavy (non-hydrogen) atoms. The third kappa shape index (κ3) is 11.7. The molecule has 1 aliphatic rings. The van der Waals surface area contributed by atoms with Crippen LogP contribution in [-0.2, 0) is 14.3 Å². The normalized spacial score (nSPS) is 18.6. The van der Waals surface area contributed by atoms with Gasteiger partial charge in [0.15, 0.2) is 5.03 Å². The number of nitro groups is 1. The fraction of sp³-hybridized carbons (Fsp3) is 0.850. The SMILES string of the molecule is CC(C)(C)OC(=O)N[C@@H](CCCN=C(N)N[N+](=O)[O-])C(=O)N1CCCC(OC(C)(C)C)C1. The molecule has 0 radical (unpaired) electrons. The van der Waals surface area contributed by atoms with Gasteiger partial charge in [-0.3, -0.25) is 4.79 Å². The lowest BCUT2D eigenvalue weighted by atomic mass is 10.0. The van der Waals surface area contributed by atoms with Crippen LogP contribution in [-0.4, -0.2) is 70.9 Å². The summed E-state index contributed by atoms with van der Waals surface area (Å²) in [6, 6.07) is -0.821. The molecule has 1 saturated heterocycles. The van der Waals surface area contributed by atoms with E-state index < -0.39 is 22.8 Å². The highest BCUT2D eigenvalue weighted by Gasteiger charge is 2.32. The lowest BCUT2D eigenvalue weighted by molar-refractivity contribution is -0.525. The molecule has 0 spiro atoms. The average Bonchev–Trinajstić information content (AvgIpc) is 2.60. The van der Waals surface area contributed by atoms with Gasteiger partial charge >= 0.3 is 6.09 Å². The van der Waals surface area contributed by atoms with Crippen LogP contribution >= 0.6 is 0 Å². The second-order valence-corrected chi connectivity index (χ2v) is 9.76. The maximum Gasteiger partial charge on any atom is 0.408 e. The summed E-state index contributed by atoms with van der Waals surface area (Å²) in [7, 11) is 0. The molecule has 1 unspecified atom stereocenters. The van der Waals surface area contributed by atoms with Gasteiger partial charge in [-0.1, -0.05) is 5.43 Å². The van der Waals surface area contributed by atoms with Crippen molar-refractivity contribution in [2.75, 3.05) is 19.6 Å². The van der Waals surface area contributed by atoms with Crippen LogP contribution in [0, 0.1) is 10.1 Å². The lowest BCUT2D eigenvalue weighted by Crippen LogP contribution is -2.53. The molecule has 4 N–H and O–H groups in total. The molecule has 12 nitrogen and oxygen atoms in total. The van der Waals surface area contributed by atoms with Crippen molar-refractivity contribution in [1.82, 2.24) is 15.6 Å². The summed E-state index contributed by atoms with van der Waals surface area (Å²) >= 11 is 0. The number of alkyl carbamates (subject to hydrolysis) is 1. The quantitative estimate of drug-likeness (QED) is 0.162. The third-order valence-electron chi connectivity index (χ3n) is 4.34. The monoisotopic (exact) mass is 458 g/mol. The maximum absolute atomic E-state index is 13.2. The molecule has 1 aliphatic heterocycles. The van der Waals surface area contributed by atoms with Crippen LogP contribution in [0.2, 0.25) is 0 Å². The zero-order valence-corrected chi connectivity index (χ0v) is 20.0. The van der Waals surface area contributed by atoms with Crippen LogP contribution in [0.1, 0.15) is 67.2 Å². The number of nitrogens with one attached hydrogen (secondary N) is 2. The first kappa shape index (κ1) is 27.4. The number of ether oxygens (including phenoxy) is 2. The molecular weight excluding hydrogens is 420 g/mol. The Kier molecular flexibility index (Phi) is 10.1. The molecule has 0 bridgehead atoms. The molecule has 0 aromatic carbocycles. The summed E-state index contributed by atoms with van der Waals surface area (Å²) in [5.74, 6) is -0.547. The van der Waals surface area contributed by atoms with Crippen molar-refractivity contribution >= 4 is 18.0 Å². The summed E-state index contributed by atoms with van der Waals surface area (Å²) in [6.45, 7) is 12.3. The van der Waals surface area contributed by atoms with Crippen LogP contribution < -0.4 is 16.5 Å². The Balaban J connectivity index is 2.80. The minimum atomic E-state index is -0.821. The molecule has 2 amide bonds. The Bertz CT molecular complexity index is 685. The van der Waals surface area contributed by atoms with E-state index in [1.54, 1.807) is 31.1 Å². The van der Waals surface area contributed by atoms with Crippen molar-refractivity contribution in [3.05, 3.63) is 10.1 Å². The summed E-state index contributed by atoms with van der Waals surface area (Å²) in [4.78, 5) is 41.5. The van der Waals surface area contributed by atoms with Crippen molar-refractivity contribution in [2.45, 2.75) is 90.6 Å². The third-order valence-corrected chi connectivity index (χ3v) is 4.34. The topological polar surface area (TPSA) is 161 Å². The van der Waals surface area contributed by atoms with Crippen molar-refractivity contribution in [1.29, 1.82) is 0 Å². The fourth-order valence-electron chi connectivity index (χ4n) is 3.29. The van der Waals surface area contributed by atoms with E-state index in [0.717, 1.165) is 12.8 Å². The Hall–Kier alpha value is -2.63. The Morgan fingerprint density at radius 3 is 2.47 bits per heavy atom. The van der Waals surface area contributed by atoms with Gasteiger partial charge in [0.25, 0.3) is 5.96 Å². The molecule has 0 aromatic rings. The molecule has 184 valence electrons. The van der Waals surface area contributed by atoms with Gasteiger partial charge in [0.2, 0.25) is 5.91 Å². The van der Waals surface area contributed by atoms with Gasteiger partial charge in [-0.05, 0) is 67.2 Å². The summed E-state index contributed by atoms with van der Waals surface area (Å²) in [5.41, 5.74) is 6.13. The van der Waals surface area contributed by atoms with Crippen LogP contribution in [0.4, 0.5) is 4.79 Å². The first-order valence-corrected chi connectivity index (χ1v) is 10.8. The van der Waals surface area contributed by atoms with E-state index in [9.17, 15) is 19.7 Å². The number of carbonyl (C=O) groups is 2. The summed E-state index contributed by atoms with van der Waals surface area (Å²) < 4.78 is 11.3. The first-order chi connectivity index (χ1) is 14.7. The number of guanidine groups is 1. The van der Waals surface area contributed by atoms with Gasteiger partial charge < -0.3 is 25.4 Å². The van der Waals surface area contributed by atoms with Gasteiger partial charge in [0.1, 0.15) is 11.6 Å². The van der Waals surface area contributed by atoms with Gasteiger partial charge in [-0.15, -0.1) is 0 Å². The molecule has 0 aliphatic carbocycles. The number of hydrogen-bond donors (Lipinski definition) is 3. The van der Waals surface area contributed by atoms with E-state index in [1.165, 1.54) is 0 Å². The van der Waals surface area contributed by atoms with Crippen LogP contribution in [0.15, 0.2) is 4.99 Å². The lowest BCUT2D eigenvalue weighted by Gasteiger charge is -2.37. The van der Waals surface area contributed by atoms with E-state index in [0.29, 0.717) is 19.5 Å². The van der Waals surface area contributed by atoms with Gasteiger partial charge in [0, 0.05) is 19.6 Å². The van der Waals surface area contributed by atoms with E-state index in [1.807, 2.05) is 20.8 Å². The van der Waals surface area contributed by atoms with E-state index in [4.69, 9.17) is 15.2 Å². The second-order valence-electron chi connectivity index (χ2n) is 9.76. The number of likely N-dealkylation sites (tertiary alicyclic amines) is 1. The fourth-order valence-corrected chi connectivity index (χ4v) is 3.29. The first-order valence-electron chi connectivity index (χ1n) is 10.8. The van der Waals surface area contributed by atoms with Crippen molar-refractivity contribution in [3.8, 4) is 0 Å². The minimum Gasteiger partial charge on any atom is -0.444 e. The number of aliphatic imine (C=N–C) groups is 1. The van der Waals surface area contributed by atoms with Crippen molar-refractivity contribution in [3.63, 3.8) is 0 Å².